The highest BCUT2D eigenvalue weighted by atomic mass is 35.5. The van der Waals surface area contributed by atoms with Gasteiger partial charge < -0.3 is 0 Å². The van der Waals surface area contributed by atoms with E-state index in [9.17, 15) is 0 Å². The van der Waals surface area contributed by atoms with E-state index in [1.807, 2.05) is 13.0 Å². The van der Waals surface area contributed by atoms with E-state index < -0.39 is 5.00 Å². The SMILES string of the molecule is CC(CCCc1ccccc1)/N=N/C(C)(Cl)CCCc1ccccc1. The van der Waals surface area contributed by atoms with Crippen molar-refractivity contribution >= 4 is 11.6 Å². The van der Waals surface area contributed by atoms with Gasteiger partial charge in [0.1, 0.15) is 0 Å². The molecule has 3 heteroatoms. The summed E-state index contributed by atoms with van der Waals surface area (Å²) in [6, 6.07) is 21.3. The van der Waals surface area contributed by atoms with Crippen LogP contribution in [-0.4, -0.2) is 11.0 Å². The Morgan fingerprint density at radius 2 is 1.40 bits per heavy atom. The highest BCUT2D eigenvalue weighted by Crippen LogP contribution is 2.25. The van der Waals surface area contributed by atoms with Crippen LogP contribution in [-0.2, 0) is 12.8 Å². The summed E-state index contributed by atoms with van der Waals surface area (Å²) in [5.74, 6) is 0. The third-order valence-electron chi connectivity index (χ3n) is 4.33. The molecule has 0 aliphatic heterocycles. The topological polar surface area (TPSA) is 24.7 Å². The lowest BCUT2D eigenvalue weighted by Crippen LogP contribution is -2.13. The minimum Gasteiger partial charge on any atom is -0.189 e. The van der Waals surface area contributed by atoms with Crippen LogP contribution in [0, 0.1) is 0 Å². The van der Waals surface area contributed by atoms with E-state index in [2.05, 4.69) is 71.7 Å². The summed E-state index contributed by atoms with van der Waals surface area (Å²) in [5.41, 5.74) is 2.73. The van der Waals surface area contributed by atoms with Gasteiger partial charge in [0, 0.05) is 0 Å². The third-order valence-corrected chi connectivity index (χ3v) is 4.60. The molecule has 2 rings (SSSR count). The maximum atomic E-state index is 6.52. The van der Waals surface area contributed by atoms with Crippen molar-refractivity contribution in [3.05, 3.63) is 71.8 Å². The lowest BCUT2D eigenvalue weighted by Gasteiger charge is -2.16. The molecule has 2 aromatic carbocycles. The number of halogens is 1. The van der Waals surface area contributed by atoms with E-state index in [0.717, 1.165) is 38.5 Å². The summed E-state index contributed by atoms with van der Waals surface area (Å²) in [4.78, 5) is -0.595. The van der Waals surface area contributed by atoms with Crippen LogP contribution in [0.15, 0.2) is 70.9 Å². The molecule has 0 aromatic heterocycles. The van der Waals surface area contributed by atoms with Gasteiger partial charge in [0.15, 0.2) is 5.00 Å². The smallest absolute Gasteiger partial charge is 0.151 e. The monoisotopic (exact) mass is 356 g/mol. The predicted molar refractivity (Wildman–Crippen MR) is 107 cm³/mol. The number of azo groups is 1. The summed E-state index contributed by atoms with van der Waals surface area (Å²) in [6.45, 7) is 4.07. The van der Waals surface area contributed by atoms with E-state index >= 15 is 0 Å². The van der Waals surface area contributed by atoms with Crippen LogP contribution < -0.4 is 0 Å². The third kappa shape index (κ3) is 8.31. The van der Waals surface area contributed by atoms with Crippen LogP contribution in [0.1, 0.15) is 50.7 Å². The molecule has 0 radical (unpaired) electrons. The molecule has 2 atom stereocenters. The van der Waals surface area contributed by atoms with Gasteiger partial charge in [-0.15, -0.1) is 0 Å². The molecule has 2 unspecified atom stereocenters. The zero-order valence-corrected chi connectivity index (χ0v) is 16.1. The first-order valence-corrected chi connectivity index (χ1v) is 9.62. The molecule has 0 saturated carbocycles. The van der Waals surface area contributed by atoms with Crippen molar-refractivity contribution in [3.63, 3.8) is 0 Å². The Labute approximate surface area is 157 Å². The molecule has 0 saturated heterocycles. The first kappa shape index (κ1) is 19.7. The number of alkyl halides is 1. The zero-order valence-electron chi connectivity index (χ0n) is 15.4. The second kappa shape index (κ2) is 10.4. The number of hydrogen-bond donors (Lipinski definition) is 0. The van der Waals surface area contributed by atoms with Gasteiger partial charge in [0.2, 0.25) is 0 Å². The van der Waals surface area contributed by atoms with Gasteiger partial charge in [-0.2, -0.15) is 10.2 Å². The summed E-state index contributed by atoms with van der Waals surface area (Å²) >= 11 is 6.52. The summed E-state index contributed by atoms with van der Waals surface area (Å²) in [5, 5.41) is 8.85. The van der Waals surface area contributed by atoms with Gasteiger partial charge in [0.05, 0.1) is 6.04 Å². The molecule has 0 bridgehead atoms. The largest absolute Gasteiger partial charge is 0.189 e. The van der Waals surface area contributed by atoms with E-state index in [1.165, 1.54) is 11.1 Å². The molecule has 2 nitrogen and oxygen atoms in total. The highest BCUT2D eigenvalue weighted by molar-refractivity contribution is 6.23. The molecule has 0 heterocycles. The first-order valence-electron chi connectivity index (χ1n) is 9.24. The minimum absolute atomic E-state index is 0.218. The van der Waals surface area contributed by atoms with E-state index in [4.69, 9.17) is 11.6 Å². The molecule has 0 spiro atoms. The summed E-state index contributed by atoms with van der Waals surface area (Å²) in [6.07, 6.45) is 6.14. The van der Waals surface area contributed by atoms with E-state index in [1.54, 1.807) is 0 Å². The van der Waals surface area contributed by atoms with Crippen LogP contribution in [0.4, 0.5) is 0 Å². The number of hydrogen-bond acceptors (Lipinski definition) is 2. The second-order valence-corrected chi connectivity index (χ2v) is 7.74. The standard InChI is InChI=1S/C22H29ClN2/c1-19(11-9-16-20-12-5-3-6-13-20)24-25-22(2,23)18-10-17-21-14-7-4-8-15-21/h3-8,12-15,19H,9-11,16-18H2,1-2H3/b25-24+. The molecule has 0 amide bonds. The van der Waals surface area contributed by atoms with E-state index in [0.29, 0.717) is 0 Å². The predicted octanol–water partition coefficient (Wildman–Crippen LogP) is 6.83. The Kier molecular flexibility index (Phi) is 8.14. The van der Waals surface area contributed by atoms with Crippen molar-refractivity contribution in [2.45, 2.75) is 63.4 Å². The number of nitrogens with zero attached hydrogens (tertiary/aromatic N) is 2. The fraction of sp³-hybridized carbons (Fsp3) is 0.455. The maximum Gasteiger partial charge on any atom is 0.151 e. The van der Waals surface area contributed by atoms with Crippen molar-refractivity contribution in [2.75, 3.05) is 0 Å². The minimum atomic E-state index is -0.595. The van der Waals surface area contributed by atoms with Gasteiger partial charge in [-0.1, -0.05) is 72.3 Å². The number of benzene rings is 2. The highest BCUT2D eigenvalue weighted by Gasteiger charge is 2.19. The van der Waals surface area contributed by atoms with Gasteiger partial charge in [0.25, 0.3) is 0 Å². The molecular formula is C22H29ClN2. The lowest BCUT2D eigenvalue weighted by molar-refractivity contribution is 0.506. The molecule has 0 fully saturated rings. The quantitative estimate of drug-likeness (QED) is 0.253. The normalized spacial score (nSPS) is 15.2. The molecule has 0 aliphatic rings. The fourth-order valence-electron chi connectivity index (χ4n) is 2.83. The van der Waals surface area contributed by atoms with Crippen molar-refractivity contribution in [3.8, 4) is 0 Å². The van der Waals surface area contributed by atoms with E-state index in [-0.39, 0.29) is 6.04 Å². The average molecular weight is 357 g/mol. The van der Waals surface area contributed by atoms with Crippen molar-refractivity contribution < 1.29 is 0 Å². The molecule has 25 heavy (non-hydrogen) atoms. The van der Waals surface area contributed by atoms with Crippen LogP contribution in [0.2, 0.25) is 0 Å². The Morgan fingerprint density at radius 3 is 1.96 bits per heavy atom. The fourth-order valence-corrected chi connectivity index (χ4v) is 3.01. The van der Waals surface area contributed by atoms with Crippen LogP contribution in [0.5, 0.6) is 0 Å². The first-order chi connectivity index (χ1) is 12.1. The molecular weight excluding hydrogens is 328 g/mol. The second-order valence-electron chi connectivity index (χ2n) is 6.92. The molecule has 2 aromatic rings. The lowest BCUT2D eigenvalue weighted by atomic mass is 10.1. The van der Waals surface area contributed by atoms with Gasteiger partial charge in [-0.25, -0.2) is 0 Å². The van der Waals surface area contributed by atoms with Crippen LogP contribution in [0.25, 0.3) is 0 Å². The Balaban J connectivity index is 1.67. The average Bonchev–Trinajstić information content (AvgIpc) is 2.62. The Bertz CT molecular complexity index is 623. The number of rotatable bonds is 10. The van der Waals surface area contributed by atoms with Gasteiger partial charge in [-0.3, -0.25) is 0 Å². The maximum absolute atomic E-state index is 6.52. The van der Waals surface area contributed by atoms with Crippen molar-refractivity contribution in [2.24, 2.45) is 10.2 Å². The zero-order chi connectivity index (χ0) is 18.0. The van der Waals surface area contributed by atoms with Crippen LogP contribution >= 0.6 is 11.6 Å². The Hall–Kier alpha value is -1.67. The number of aryl methyl sites for hydroxylation is 2. The van der Waals surface area contributed by atoms with Gasteiger partial charge in [-0.05, 0) is 63.5 Å². The van der Waals surface area contributed by atoms with Crippen LogP contribution in [0.3, 0.4) is 0 Å². The van der Waals surface area contributed by atoms with Gasteiger partial charge >= 0.3 is 0 Å². The molecule has 0 aliphatic carbocycles. The molecule has 134 valence electrons. The van der Waals surface area contributed by atoms with Crippen molar-refractivity contribution in [1.29, 1.82) is 0 Å². The molecule has 0 N–H and O–H groups in total. The van der Waals surface area contributed by atoms with Crippen molar-refractivity contribution in [1.82, 2.24) is 0 Å². The summed E-state index contributed by atoms with van der Waals surface area (Å²) < 4.78 is 0. The summed E-state index contributed by atoms with van der Waals surface area (Å²) in [7, 11) is 0. The Morgan fingerprint density at radius 1 is 0.880 bits per heavy atom.